The highest BCUT2D eigenvalue weighted by Gasteiger charge is 2.46. The van der Waals surface area contributed by atoms with Crippen molar-refractivity contribution in [1.82, 2.24) is 0 Å². The third-order valence-corrected chi connectivity index (χ3v) is 5.60. The van der Waals surface area contributed by atoms with E-state index in [2.05, 4.69) is 0 Å². The zero-order valence-corrected chi connectivity index (χ0v) is 14.4. The summed E-state index contributed by atoms with van der Waals surface area (Å²) in [5, 5.41) is 52.4. The fraction of sp³-hybridized carbons (Fsp3) is 0.300. The van der Waals surface area contributed by atoms with E-state index in [1.807, 2.05) is 0 Å². The van der Waals surface area contributed by atoms with Gasteiger partial charge in [0.2, 0.25) is 0 Å². The number of phenols is 2. The molecule has 7 heteroatoms. The summed E-state index contributed by atoms with van der Waals surface area (Å²) in [7, 11) is 0. The number of rotatable bonds is 1. The standard InChI is InChI=1S/C20H18O7/c1-8(21)20(27)6-11-13(12(22)7-20)19(26)15-14(18(11)25)16(23)9-4-2-3-5-10(9)17(15)24/h2-5,8,12,21-22,25-27H,6-7H2,1H3/t8?,12-,20-/m0/s1. The minimum Gasteiger partial charge on any atom is -0.507 e. The molecule has 0 heterocycles. The van der Waals surface area contributed by atoms with Crippen LogP contribution in [0.1, 0.15) is 62.4 Å². The van der Waals surface area contributed by atoms with Gasteiger partial charge in [-0.2, -0.15) is 0 Å². The molecule has 140 valence electrons. The summed E-state index contributed by atoms with van der Waals surface area (Å²) in [5.74, 6) is -2.40. The second-order valence-corrected chi connectivity index (χ2v) is 7.22. The maximum Gasteiger partial charge on any atom is 0.198 e. The van der Waals surface area contributed by atoms with E-state index in [1.54, 1.807) is 12.1 Å². The maximum absolute atomic E-state index is 12.9. The highest BCUT2D eigenvalue weighted by molar-refractivity contribution is 6.30. The average molecular weight is 370 g/mol. The van der Waals surface area contributed by atoms with E-state index >= 15 is 0 Å². The summed E-state index contributed by atoms with van der Waals surface area (Å²) in [6.07, 6.45) is -3.23. The Morgan fingerprint density at radius 3 is 2.07 bits per heavy atom. The van der Waals surface area contributed by atoms with Crippen molar-refractivity contribution in [3.05, 3.63) is 57.6 Å². The molecule has 4 rings (SSSR count). The summed E-state index contributed by atoms with van der Waals surface area (Å²) in [5.41, 5.74) is -2.38. The number of hydrogen-bond donors (Lipinski definition) is 5. The van der Waals surface area contributed by atoms with Gasteiger partial charge >= 0.3 is 0 Å². The van der Waals surface area contributed by atoms with E-state index in [-0.39, 0.29) is 46.2 Å². The fourth-order valence-corrected chi connectivity index (χ4v) is 4.05. The molecule has 27 heavy (non-hydrogen) atoms. The smallest absolute Gasteiger partial charge is 0.198 e. The molecule has 0 bridgehead atoms. The monoisotopic (exact) mass is 370 g/mol. The van der Waals surface area contributed by atoms with Crippen molar-refractivity contribution in [3.63, 3.8) is 0 Å². The van der Waals surface area contributed by atoms with Gasteiger partial charge in [-0.3, -0.25) is 9.59 Å². The van der Waals surface area contributed by atoms with Gasteiger partial charge in [-0.25, -0.2) is 0 Å². The van der Waals surface area contributed by atoms with E-state index in [1.165, 1.54) is 19.1 Å². The Labute approximate surface area is 154 Å². The minimum atomic E-state index is -1.75. The van der Waals surface area contributed by atoms with Crippen molar-refractivity contribution in [3.8, 4) is 11.5 Å². The van der Waals surface area contributed by atoms with Crippen LogP contribution in [-0.2, 0) is 6.42 Å². The largest absolute Gasteiger partial charge is 0.507 e. The lowest BCUT2D eigenvalue weighted by atomic mass is 9.72. The van der Waals surface area contributed by atoms with Gasteiger partial charge in [-0.1, -0.05) is 24.3 Å². The maximum atomic E-state index is 12.9. The summed E-state index contributed by atoms with van der Waals surface area (Å²) >= 11 is 0. The van der Waals surface area contributed by atoms with E-state index in [9.17, 15) is 35.1 Å². The Kier molecular flexibility index (Phi) is 3.68. The van der Waals surface area contributed by atoms with Crippen LogP contribution in [0.5, 0.6) is 11.5 Å². The van der Waals surface area contributed by atoms with Crippen molar-refractivity contribution in [2.45, 2.75) is 37.6 Å². The Morgan fingerprint density at radius 2 is 1.56 bits per heavy atom. The minimum absolute atomic E-state index is 0.0473. The van der Waals surface area contributed by atoms with Crippen molar-refractivity contribution in [1.29, 1.82) is 0 Å². The molecule has 3 atom stereocenters. The molecule has 2 aliphatic rings. The Morgan fingerprint density at radius 1 is 1.04 bits per heavy atom. The molecule has 5 N–H and O–H groups in total. The van der Waals surface area contributed by atoms with Crippen LogP contribution >= 0.6 is 0 Å². The van der Waals surface area contributed by atoms with Gasteiger partial charge in [-0.15, -0.1) is 0 Å². The lowest BCUT2D eigenvalue weighted by molar-refractivity contribution is -0.0999. The highest BCUT2D eigenvalue weighted by atomic mass is 16.3. The van der Waals surface area contributed by atoms with E-state index in [0.717, 1.165) is 0 Å². The molecule has 0 saturated heterocycles. The summed E-state index contributed by atoms with van der Waals surface area (Å²) in [6, 6.07) is 6.08. The molecule has 0 amide bonds. The van der Waals surface area contributed by atoms with Crippen LogP contribution in [0, 0.1) is 0 Å². The van der Waals surface area contributed by atoms with Crippen LogP contribution in [0.25, 0.3) is 0 Å². The first-order valence-corrected chi connectivity index (χ1v) is 8.55. The van der Waals surface area contributed by atoms with Gasteiger partial charge < -0.3 is 25.5 Å². The molecule has 0 fully saturated rings. The first-order valence-electron chi connectivity index (χ1n) is 8.55. The van der Waals surface area contributed by atoms with Crippen molar-refractivity contribution in [2.75, 3.05) is 0 Å². The third-order valence-electron chi connectivity index (χ3n) is 5.60. The molecule has 0 saturated carbocycles. The normalized spacial score (nSPS) is 24.8. The van der Waals surface area contributed by atoms with Crippen LogP contribution in [0.4, 0.5) is 0 Å². The SMILES string of the molecule is CC(O)[C@]1(O)Cc2c(O)c3c(c(O)c2[C@@H](O)C1)C(=O)c1ccccc1C3=O. The first kappa shape index (κ1) is 17.7. The number of fused-ring (bicyclic) bond motifs is 3. The molecule has 7 nitrogen and oxygen atoms in total. The number of aliphatic hydroxyl groups is 3. The van der Waals surface area contributed by atoms with Gasteiger partial charge in [0.1, 0.15) is 11.5 Å². The third kappa shape index (κ3) is 2.26. The topological polar surface area (TPSA) is 135 Å². The van der Waals surface area contributed by atoms with Crippen molar-refractivity contribution < 1.29 is 35.1 Å². The number of phenolic OH excluding ortho intramolecular Hbond substituents is 2. The van der Waals surface area contributed by atoms with Gasteiger partial charge in [0, 0.05) is 35.1 Å². The van der Waals surface area contributed by atoms with Crippen LogP contribution in [0.2, 0.25) is 0 Å². The van der Waals surface area contributed by atoms with Crippen LogP contribution in [0.15, 0.2) is 24.3 Å². The Bertz CT molecular complexity index is 1010. The number of carbonyl (C=O) groups is 2. The van der Waals surface area contributed by atoms with Gasteiger partial charge in [0.15, 0.2) is 11.6 Å². The zero-order valence-electron chi connectivity index (χ0n) is 14.4. The first-order chi connectivity index (χ1) is 12.7. The summed E-state index contributed by atoms with van der Waals surface area (Å²) in [4.78, 5) is 25.8. The van der Waals surface area contributed by atoms with Crippen molar-refractivity contribution >= 4 is 11.6 Å². The molecule has 0 radical (unpaired) electrons. The highest BCUT2D eigenvalue weighted by Crippen LogP contribution is 2.50. The van der Waals surface area contributed by atoms with E-state index in [0.29, 0.717) is 0 Å². The average Bonchev–Trinajstić information content (AvgIpc) is 2.62. The number of ketones is 2. The molecule has 0 spiro atoms. The molecule has 0 aromatic heterocycles. The molecular weight excluding hydrogens is 352 g/mol. The number of carbonyl (C=O) groups excluding carboxylic acids is 2. The lowest BCUT2D eigenvalue weighted by Gasteiger charge is -2.39. The van der Waals surface area contributed by atoms with Crippen LogP contribution < -0.4 is 0 Å². The van der Waals surface area contributed by atoms with E-state index < -0.39 is 40.9 Å². The van der Waals surface area contributed by atoms with E-state index in [4.69, 9.17) is 0 Å². The van der Waals surface area contributed by atoms with Gasteiger partial charge in [0.25, 0.3) is 0 Å². The molecule has 0 aliphatic heterocycles. The second kappa shape index (κ2) is 5.63. The zero-order chi connectivity index (χ0) is 19.7. The number of aromatic hydroxyl groups is 2. The lowest BCUT2D eigenvalue weighted by Crippen LogP contribution is -2.47. The molecule has 2 aromatic carbocycles. The second-order valence-electron chi connectivity index (χ2n) is 7.22. The number of benzene rings is 2. The predicted molar refractivity (Wildman–Crippen MR) is 93.0 cm³/mol. The van der Waals surface area contributed by atoms with Gasteiger partial charge in [0.05, 0.1) is 28.9 Å². The molecule has 2 aliphatic carbocycles. The number of aliphatic hydroxyl groups excluding tert-OH is 2. The Balaban J connectivity index is 2.02. The summed E-state index contributed by atoms with van der Waals surface area (Å²) in [6.45, 7) is 1.35. The Hall–Kier alpha value is -2.74. The molecular formula is C20H18O7. The van der Waals surface area contributed by atoms with Crippen LogP contribution in [-0.4, -0.2) is 48.8 Å². The molecule has 1 unspecified atom stereocenters. The predicted octanol–water partition coefficient (Wildman–Crippen LogP) is 0.965. The van der Waals surface area contributed by atoms with Crippen LogP contribution in [0.3, 0.4) is 0 Å². The molecule has 2 aromatic rings. The quantitative estimate of drug-likeness (QED) is 0.403. The van der Waals surface area contributed by atoms with Gasteiger partial charge in [-0.05, 0) is 6.92 Å². The van der Waals surface area contributed by atoms with Crippen molar-refractivity contribution in [2.24, 2.45) is 0 Å². The summed E-state index contributed by atoms with van der Waals surface area (Å²) < 4.78 is 0. The fourth-order valence-electron chi connectivity index (χ4n) is 4.05. The number of hydrogen-bond acceptors (Lipinski definition) is 7.